The average molecular weight is 405 g/mol. The van der Waals surface area contributed by atoms with Crippen LogP contribution in [-0.2, 0) is 11.4 Å². The van der Waals surface area contributed by atoms with Crippen LogP contribution in [0, 0.1) is 25.5 Å². The first-order valence-corrected chi connectivity index (χ1v) is 9.29. The highest BCUT2D eigenvalue weighted by molar-refractivity contribution is 7.99. The van der Waals surface area contributed by atoms with Crippen molar-refractivity contribution >= 4 is 23.4 Å². The predicted octanol–water partition coefficient (Wildman–Crippen LogP) is 4.27. The zero-order chi connectivity index (χ0) is 20.1. The lowest BCUT2D eigenvalue weighted by molar-refractivity contribution is -0.113. The largest absolute Gasteiger partial charge is 0.484 e. The molecule has 9 heteroatoms. The van der Waals surface area contributed by atoms with Gasteiger partial charge in [0.2, 0.25) is 5.91 Å². The molecule has 0 spiro atoms. The normalized spacial score (nSPS) is 10.7. The van der Waals surface area contributed by atoms with Gasteiger partial charge in [0.05, 0.1) is 5.75 Å². The van der Waals surface area contributed by atoms with Crippen molar-refractivity contribution in [1.82, 2.24) is 10.2 Å². The number of carbonyl (C=O) groups excluding carboxylic acids is 1. The van der Waals surface area contributed by atoms with E-state index >= 15 is 0 Å². The molecule has 1 heterocycles. The molecule has 28 heavy (non-hydrogen) atoms. The SMILES string of the molecule is Cc1ccc(C)c(OCc2nnc(SCC(=O)Nc3ccc(F)c(F)c3)o2)c1. The molecule has 1 N–H and O–H groups in total. The maximum atomic E-state index is 13.1. The fourth-order valence-corrected chi connectivity index (χ4v) is 2.84. The molecule has 3 aromatic rings. The monoisotopic (exact) mass is 405 g/mol. The van der Waals surface area contributed by atoms with Gasteiger partial charge in [0.15, 0.2) is 18.2 Å². The summed E-state index contributed by atoms with van der Waals surface area (Å²) < 4.78 is 37.2. The quantitative estimate of drug-likeness (QED) is 0.592. The fourth-order valence-electron chi connectivity index (χ4n) is 2.26. The van der Waals surface area contributed by atoms with Crippen molar-refractivity contribution in [2.24, 2.45) is 0 Å². The summed E-state index contributed by atoms with van der Waals surface area (Å²) in [7, 11) is 0. The number of halogens is 2. The van der Waals surface area contributed by atoms with E-state index in [1.807, 2.05) is 32.0 Å². The number of carbonyl (C=O) groups is 1. The molecule has 1 amide bonds. The number of thioether (sulfide) groups is 1. The first kappa shape index (κ1) is 19.8. The van der Waals surface area contributed by atoms with E-state index in [4.69, 9.17) is 9.15 Å². The molecule has 6 nitrogen and oxygen atoms in total. The van der Waals surface area contributed by atoms with Crippen LogP contribution in [0.3, 0.4) is 0 Å². The second-order valence-electron chi connectivity index (χ2n) is 5.99. The molecule has 0 saturated carbocycles. The number of ether oxygens (including phenoxy) is 1. The van der Waals surface area contributed by atoms with Crippen LogP contribution >= 0.6 is 11.8 Å². The Morgan fingerprint density at radius 3 is 2.75 bits per heavy atom. The maximum absolute atomic E-state index is 13.1. The molecule has 0 saturated heterocycles. The van der Waals surface area contributed by atoms with E-state index in [2.05, 4.69) is 15.5 Å². The summed E-state index contributed by atoms with van der Waals surface area (Å²) in [5.74, 6) is -1.44. The average Bonchev–Trinajstić information content (AvgIpc) is 3.12. The second kappa shape index (κ2) is 8.83. The second-order valence-corrected chi connectivity index (χ2v) is 6.91. The number of amides is 1. The van der Waals surface area contributed by atoms with Gasteiger partial charge in [-0.05, 0) is 43.2 Å². The lowest BCUT2D eigenvalue weighted by atomic mass is 10.1. The van der Waals surface area contributed by atoms with Crippen molar-refractivity contribution in [3.8, 4) is 5.75 Å². The number of aromatic nitrogens is 2. The van der Waals surface area contributed by atoms with Crippen LogP contribution < -0.4 is 10.1 Å². The fraction of sp³-hybridized carbons (Fsp3) is 0.211. The van der Waals surface area contributed by atoms with Gasteiger partial charge >= 0.3 is 0 Å². The van der Waals surface area contributed by atoms with E-state index in [-0.39, 0.29) is 29.2 Å². The third kappa shape index (κ3) is 5.29. The number of benzene rings is 2. The van der Waals surface area contributed by atoms with Crippen LogP contribution in [0.2, 0.25) is 0 Å². The van der Waals surface area contributed by atoms with Gasteiger partial charge in [-0.3, -0.25) is 4.79 Å². The number of nitrogens with one attached hydrogen (secondary N) is 1. The van der Waals surface area contributed by atoms with Gasteiger partial charge < -0.3 is 14.5 Å². The zero-order valence-corrected chi connectivity index (χ0v) is 16.0. The number of aryl methyl sites for hydroxylation is 2. The van der Waals surface area contributed by atoms with E-state index in [1.54, 1.807) is 0 Å². The number of hydrogen-bond acceptors (Lipinski definition) is 6. The van der Waals surface area contributed by atoms with Crippen molar-refractivity contribution < 1.29 is 22.7 Å². The molecule has 0 aliphatic rings. The topological polar surface area (TPSA) is 77.2 Å². The first-order valence-electron chi connectivity index (χ1n) is 8.31. The van der Waals surface area contributed by atoms with Gasteiger partial charge in [0, 0.05) is 11.8 Å². The van der Waals surface area contributed by atoms with Crippen LogP contribution in [-0.4, -0.2) is 21.9 Å². The molecule has 0 bridgehead atoms. The Balaban J connectivity index is 1.49. The van der Waals surface area contributed by atoms with Gasteiger partial charge in [-0.15, -0.1) is 10.2 Å². The molecule has 0 aliphatic heterocycles. The van der Waals surface area contributed by atoms with Crippen LogP contribution in [0.25, 0.3) is 0 Å². The van der Waals surface area contributed by atoms with E-state index in [0.717, 1.165) is 40.8 Å². The summed E-state index contributed by atoms with van der Waals surface area (Å²) in [5, 5.41) is 10.4. The molecule has 0 radical (unpaired) electrons. The number of rotatable bonds is 7. The maximum Gasteiger partial charge on any atom is 0.277 e. The van der Waals surface area contributed by atoms with Crippen molar-refractivity contribution in [3.05, 3.63) is 65.1 Å². The number of anilines is 1. The molecular weight excluding hydrogens is 388 g/mol. The first-order chi connectivity index (χ1) is 13.4. The van der Waals surface area contributed by atoms with Gasteiger partial charge in [-0.2, -0.15) is 0 Å². The van der Waals surface area contributed by atoms with Crippen molar-refractivity contribution in [2.45, 2.75) is 25.7 Å². The molecule has 146 valence electrons. The van der Waals surface area contributed by atoms with E-state index in [1.165, 1.54) is 6.07 Å². The van der Waals surface area contributed by atoms with Crippen molar-refractivity contribution in [1.29, 1.82) is 0 Å². The number of hydrogen-bond donors (Lipinski definition) is 1. The van der Waals surface area contributed by atoms with Crippen molar-refractivity contribution in [3.63, 3.8) is 0 Å². The summed E-state index contributed by atoms with van der Waals surface area (Å²) in [4.78, 5) is 11.9. The van der Waals surface area contributed by atoms with Gasteiger partial charge in [-0.25, -0.2) is 8.78 Å². The third-order valence-electron chi connectivity index (χ3n) is 3.67. The molecule has 0 unspecified atom stereocenters. The summed E-state index contributed by atoms with van der Waals surface area (Å²) >= 11 is 1.03. The lowest BCUT2D eigenvalue weighted by Gasteiger charge is -2.07. The minimum absolute atomic E-state index is 0.0293. The Kier molecular flexibility index (Phi) is 6.25. The van der Waals surface area contributed by atoms with E-state index in [0.29, 0.717) is 0 Å². The van der Waals surface area contributed by atoms with Crippen LogP contribution in [0.1, 0.15) is 17.0 Å². The Morgan fingerprint density at radius 2 is 1.96 bits per heavy atom. The van der Waals surface area contributed by atoms with Crippen LogP contribution in [0.5, 0.6) is 5.75 Å². The standard InChI is InChI=1S/C19H17F2N3O3S/c1-11-3-4-12(2)16(7-11)26-9-18-23-24-19(27-18)28-10-17(25)22-13-5-6-14(20)15(21)8-13/h3-8H,9-10H2,1-2H3,(H,22,25). The Bertz CT molecular complexity index is 994. The highest BCUT2D eigenvalue weighted by atomic mass is 32.2. The molecule has 0 fully saturated rings. The van der Waals surface area contributed by atoms with Crippen LogP contribution in [0.4, 0.5) is 14.5 Å². The zero-order valence-electron chi connectivity index (χ0n) is 15.2. The highest BCUT2D eigenvalue weighted by Gasteiger charge is 2.12. The van der Waals surface area contributed by atoms with E-state index < -0.39 is 17.5 Å². The smallest absolute Gasteiger partial charge is 0.277 e. The van der Waals surface area contributed by atoms with Gasteiger partial charge in [-0.1, -0.05) is 23.9 Å². The summed E-state index contributed by atoms with van der Waals surface area (Å²) in [5.41, 5.74) is 2.24. The Hall–Kier alpha value is -2.94. The predicted molar refractivity (Wildman–Crippen MR) is 100 cm³/mol. The molecule has 1 aromatic heterocycles. The molecule has 0 aliphatic carbocycles. The molecule has 0 atom stereocenters. The summed E-state index contributed by atoms with van der Waals surface area (Å²) in [6, 6.07) is 9.01. The third-order valence-corrected chi connectivity index (χ3v) is 4.49. The molecule has 3 rings (SSSR count). The minimum Gasteiger partial charge on any atom is -0.484 e. The summed E-state index contributed by atoms with van der Waals surface area (Å²) in [6.07, 6.45) is 0. The van der Waals surface area contributed by atoms with Crippen molar-refractivity contribution in [2.75, 3.05) is 11.1 Å². The summed E-state index contributed by atoms with van der Waals surface area (Å²) in [6.45, 7) is 4.02. The minimum atomic E-state index is -1.03. The van der Waals surface area contributed by atoms with E-state index in [9.17, 15) is 13.6 Å². The Labute approximate surface area is 164 Å². The number of nitrogens with zero attached hydrogens (tertiary/aromatic N) is 2. The molecule has 2 aromatic carbocycles. The van der Waals surface area contributed by atoms with Gasteiger partial charge in [0.1, 0.15) is 5.75 Å². The van der Waals surface area contributed by atoms with Crippen LogP contribution in [0.15, 0.2) is 46.0 Å². The van der Waals surface area contributed by atoms with Gasteiger partial charge in [0.25, 0.3) is 11.1 Å². The highest BCUT2D eigenvalue weighted by Crippen LogP contribution is 2.22. The lowest BCUT2D eigenvalue weighted by Crippen LogP contribution is -2.14. The molecular formula is C19H17F2N3O3S. The Morgan fingerprint density at radius 1 is 1.14 bits per heavy atom.